The molecule has 1 aliphatic rings. The van der Waals surface area contributed by atoms with Gasteiger partial charge in [-0.2, -0.15) is 7.05 Å². The topological polar surface area (TPSA) is 55.5 Å². The Hall–Kier alpha value is -0.736. The molecule has 0 saturated carbocycles. The second kappa shape index (κ2) is 14.3. The van der Waals surface area contributed by atoms with Gasteiger partial charge in [-0.15, -0.1) is 6.21 Å². The summed E-state index contributed by atoms with van der Waals surface area (Å²) in [6, 6.07) is -0.685. The van der Waals surface area contributed by atoms with E-state index in [1.807, 2.05) is 19.9 Å². The van der Waals surface area contributed by atoms with Gasteiger partial charge in [0.25, 0.3) is 0 Å². The summed E-state index contributed by atoms with van der Waals surface area (Å²) in [6.07, 6.45) is 6.82. The number of aliphatic imine (C=N–C) groups is 1. The predicted molar refractivity (Wildman–Crippen MR) is 72.3 cm³/mol. The molecule has 0 spiro atoms. The molecule has 0 aromatic carbocycles. The molecule has 2 unspecified atom stereocenters. The van der Waals surface area contributed by atoms with Crippen molar-refractivity contribution in [3.8, 4) is 0 Å². The first-order chi connectivity index (χ1) is 8.16. The van der Waals surface area contributed by atoms with E-state index in [1.165, 1.54) is 6.21 Å². The molecule has 0 aromatic rings. The predicted octanol–water partition coefficient (Wildman–Crippen LogP) is 3.26. The first kappa shape index (κ1) is 22.4. The van der Waals surface area contributed by atoms with Crippen LogP contribution in [-0.4, -0.2) is 17.2 Å². The standard InChI is InChI=1S/C9H11N2O2.C2H6.C2H3.Y/c1-7-4-3-5-8(6-10-2)9(7)11(12)13;2*1-2;/h3-6,8-9H,2H2,1H3;1-2H3;1H,2H2;/q-1;;-1;. The van der Waals surface area contributed by atoms with Gasteiger partial charge >= 0.3 is 0 Å². The van der Waals surface area contributed by atoms with Crippen LogP contribution in [-0.2, 0) is 32.7 Å². The van der Waals surface area contributed by atoms with Crippen molar-refractivity contribution in [3.63, 3.8) is 0 Å². The molecule has 0 fully saturated rings. The molecule has 5 heteroatoms. The Kier molecular flexibility index (Phi) is 17.9. The fraction of sp³-hybridized carbons (Fsp3) is 0.385. The molecule has 0 amide bonds. The van der Waals surface area contributed by atoms with E-state index in [9.17, 15) is 10.1 Å². The van der Waals surface area contributed by atoms with E-state index in [2.05, 4.69) is 25.2 Å². The van der Waals surface area contributed by atoms with Crippen molar-refractivity contribution in [2.45, 2.75) is 26.8 Å². The Morgan fingerprint density at radius 3 is 2.44 bits per heavy atom. The van der Waals surface area contributed by atoms with Gasteiger partial charge in [0.2, 0.25) is 6.04 Å². The van der Waals surface area contributed by atoms with Crippen LogP contribution in [0.5, 0.6) is 0 Å². The SMILES string of the molecule is CC.[CH-]=C.[CH2-]N=CC1C=CC=C(C)C1[N+](=O)[O-].[Y]. The molecular formula is C13H20N2O2Y-2. The number of nitro groups is 1. The van der Waals surface area contributed by atoms with Crippen LogP contribution in [0.25, 0.3) is 0 Å². The van der Waals surface area contributed by atoms with Crippen LogP contribution in [0.3, 0.4) is 0 Å². The van der Waals surface area contributed by atoms with Crippen molar-refractivity contribution in [2.24, 2.45) is 10.9 Å². The average molecular weight is 325 g/mol. The van der Waals surface area contributed by atoms with Crippen LogP contribution in [0, 0.1) is 29.7 Å². The Balaban J connectivity index is -0.000000409. The number of allylic oxidation sites excluding steroid dienone is 2. The Bertz CT molecular complexity index is 312. The van der Waals surface area contributed by atoms with Crippen molar-refractivity contribution >= 4 is 6.21 Å². The number of rotatable bonds is 2. The van der Waals surface area contributed by atoms with Gasteiger partial charge in [-0.05, 0) is 12.5 Å². The van der Waals surface area contributed by atoms with E-state index in [0.717, 1.165) is 5.57 Å². The molecule has 4 nitrogen and oxygen atoms in total. The quantitative estimate of drug-likeness (QED) is 0.339. The Morgan fingerprint density at radius 2 is 2.06 bits per heavy atom. The van der Waals surface area contributed by atoms with Gasteiger partial charge in [-0.3, -0.25) is 16.7 Å². The molecule has 18 heavy (non-hydrogen) atoms. The number of hydrogen-bond acceptors (Lipinski definition) is 3. The third-order valence-corrected chi connectivity index (χ3v) is 2.03. The fourth-order valence-electron chi connectivity index (χ4n) is 1.40. The number of hydrogen-bond donors (Lipinski definition) is 0. The van der Waals surface area contributed by atoms with Crippen LogP contribution < -0.4 is 0 Å². The molecule has 1 rings (SSSR count). The van der Waals surface area contributed by atoms with Crippen LogP contribution in [0.1, 0.15) is 20.8 Å². The molecule has 2 atom stereocenters. The Morgan fingerprint density at radius 1 is 1.56 bits per heavy atom. The summed E-state index contributed by atoms with van der Waals surface area (Å²) < 4.78 is 0. The zero-order valence-electron chi connectivity index (χ0n) is 11.2. The van der Waals surface area contributed by atoms with Crippen molar-refractivity contribution in [1.29, 1.82) is 0 Å². The minimum atomic E-state index is -0.685. The van der Waals surface area contributed by atoms with E-state index in [-0.39, 0.29) is 43.6 Å². The van der Waals surface area contributed by atoms with Gasteiger partial charge in [0.1, 0.15) is 0 Å². The van der Waals surface area contributed by atoms with E-state index in [1.54, 1.807) is 19.1 Å². The van der Waals surface area contributed by atoms with Crippen LogP contribution in [0.15, 0.2) is 35.4 Å². The first-order valence-electron chi connectivity index (χ1n) is 5.35. The van der Waals surface area contributed by atoms with E-state index < -0.39 is 6.04 Å². The third kappa shape index (κ3) is 7.56. The van der Waals surface area contributed by atoms with Crippen LogP contribution in [0.4, 0.5) is 0 Å². The molecule has 1 aliphatic carbocycles. The zero-order chi connectivity index (χ0) is 13.8. The van der Waals surface area contributed by atoms with Crippen molar-refractivity contribution in [2.75, 3.05) is 0 Å². The maximum absolute atomic E-state index is 10.7. The molecule has 0 bridgehead atoms. The van der Waals surface area contributed by atoms with Crippen LogP contribution >= 0.6 is 0 Å². The smallest absolute Gasteiger partial charge is 0.230 e. The van der Waals surface area contributed by atoms with E-state index in [4.69, 9.17) is 0 Å². The molecule has 0 saturated heterocycles. The van der Waals surface area contributed by atoms with E-state index in [0.29, 0.717) is 0 Å². The number of nitrogens with zero attached hydrogens (tertiary/aromatic N) is 2. The normalized spacial score (nSPS) is 20.5. The Labute approximate surface area is 135 Å². The van der Waals surface area contributed by atoms with Gasteiger partial charge in [-0.1, -0.05) is 32.1 Å². The summed E-state index contributed by atoms with van der Waals surface area (Å²) in [5, 5.41) is 10.7. The van der Waals surface area contributed by atoms with Crippen molar-refractivity contribution in [3.05, 3.63) is 54.1 Å². The molecular weight excluding hydrogens is 305 g/mol. The maximum atomic E-state index is 10.7. The van der Waals surface area contributed by atoms with Gasteiger partial charge in [-0.25, -0.2) is 0 Å². The summed E-state index contributed by atoms with van der Waals surface area (Å²) in [5.74, 6) is -0.266. The summed E-state index contributed by atoms with van der Waals surface area (Å²) in [7, 11) is 3.29. The van der Waals surface area contributed by atoms with Crippen molar-refractivity contribution < 1.29 is 37.6 Å². The molecule has 0 aliphatic heterocycles. The van der Waals surface area contributed by atoms with Gasteiger partial charge in [0.15, 0.2) is 0 Å². The second-order valence-electron chi connectivity index (χ2n) is 2.93. The average Bonchev–Trinajstić information content (AvgIpc) is 2.34. The summed E-state index contributed by atoms with van der Waals surface area (Å²) >= 11 is 0. The summed E-state index contributed by atoms with van der Waals surface area (Å²) in [6.45, 7) is 12.8. The molecule has 99 valence electrons. The monoisotopic (exact) mass is 325 g/mol. The van der Waals surface area contributed by atoms with Gasteiger partial charge in [0.05, 0.1) is 0 Å². The summed E-state index contributed by atoms with van der Waals surface area (Å²) in [5.41, 5.74) is 0.748. The molecule has 0 aromatic heterocycles. The molecule has 0 N–H and O–H groups in total. The van der Waals surface area contributed by atoms with Crippen LogP contribution in [0.2, 0.25) is 0 Å². The minimum Gasteiger partial charge on any atom is -0.521 e. The third-order valence-electron chi connectivity index (χ3n) is 2.03. The van der Waals surface area contributed by atoms with Gasteiger partial charge in [0, 0.05) is 43.6 Å². The molecule has 0 heterocycles. The minimum absolute atomic E-state index is 0. The largest absolute Gasteiger partial charge is 0.521 e. The maximum Gasteiger partial charge on any atom is 0.230 e. The molecule has 1 radical (unpaired) electrons. The summed E-state index contributed by atoms with van der Waals surface area (Å²) in [4.78, 5) is 14.0. The van der Waals surface area contributed by atoms with Crippen molar-refractivity contribution in [1.82, 2.24) is 0 Å². The van der Waals surface area contributed by atoms with E-state index >= 15 is 0 Å². The zero-order valence-corrected chi connectivity index (χ0v) is 14.1. The fourth-order valence-corrected chi connectivity index (χ4v) is 1.40. The first-order valence-corrected chi connectivity index (χ1v) is 5.35. The second-order valence-corrected chi connectivity index (χ2v) is 2.93. The van der Waals surface area contributed by atoms with Gasteiger partial charge < -0.3 is 11.6 Å².